The molecule has 0 bridgehead atoms. The molecule has 0 radical (unpaired) electrons. The van der Waals surface area contributed by atoms with Crippen molar-refractivity contribution in [2.45, 2.75) is 20.3 Å². The number of aliphatic carboxylic acids is 2. The number of amides is 1. The van der Waals surface area contributed by atoms with Crippen LogP contribution in [0.1, 0.15) is 20.3 Å². The molecular weight excluding hydrogens is 325 g/mol. The van der Waals surface area contributed by atoms with E-state index in [0.717, 1.165) is 0 Å². The summed E-state index contributed by atoms with van der Waals surface area (Å²) in [5, 5.41) is 17.7. The van der Waals surface area contributed by atoms with Gasteiger partial charge in [-0.25, -0.2) is 13.9 Å². The van der Waals surface area contributed by atoms with Crippen LogP contribution in [0, 0.1) is 5.41 Å². The molecule has 0 heterocycles. The van der Waals surface area contributed by atoms with Crippen molar-refractivity contribution in [1.82, 2.24) is 4.90 Å². The van der Waals surface area contributed by atoms with Crippen LogP contribution < -0.4 is 0 Å². The Kier molecular flexibility index (Phi) is 7.47. The predicted octanol–water partition coefficient (Wildman–Crippen LogP) is 0.0773. The molecule has 0 saturated carbocycles. The average Bonchev–Trinajstić information content (AvgIpc) is 2.32. The minimum atomic E-state index is -4.82. The van der Waals surface area contributed by atoms with Gasteiger partial charge in [-0.05, 0) is 20.3 Å². The van der Waals surface area contributed by atoms with Gasteiger partial charge in [0.05, 0.1) is 5.41 Å². The van der Waals surface area contributed by atoms with Gasteiger partial charge in [-0.1, -0.05) is 0 Å². The third-order valence-electron chi connectivity index (χ3n) is 2.57. The van der Waals surface area contributed by atoms with Gasteiger partial charge in [0.25, 0.3) is 0 Å². The van der Waals surface area contributed by atoms with Gasteiger partial charge >= 0.3 is 25.9 Å². The van der Waals surface area contributed by atoms with Crippen LogP contribution in [0.5, 0.6) is 0 Å². The molecule has 0 unspecified atom stereocenters. The number of carboxylic acids is 2. The molecule has 22 heavy (non-hydrogen) atoms. The van der Waals surface area contributed by atoms with Crippen molar-refractivity contribution >= 4 is 25.9 Å². The molecular formula is C10H18NO10P. The average molecular weight is 343 g/mol. The molecule has 0 aromatic carbocycles. The number of rotatable bonds is 9. The minimum Gasteiger partial charge on any atom is -0.481 e. The van der Waals surface area contributed by atoms with E-state index in [9.17, 15) is 18.9 Å². The molecule has 1 amide bonds. The number of carbonyl (C=O) groups excluding carboxylic acids is 1. The molecule has 4 N–H and O–H groups in total. The Morgan fingerprint density at radius 2 is 1.73 bits per heavy atom. The van der Waals surface area contributed by atoms with E-state index < -0.39 is 44.6 Å². The summed E-state index contributed by atoms with van der Waals surface area (Å²) in [5.41, 5.74) is -1.20. The van der Waals surface area contributed by atoms with Crippen LogP contribution in [0.2, 0.25) is 0 Å². The molecule has 0 fully saturated rings. The first-order valence-corrected chi connectivity index (χ1v) is 7.45. The van der Waals surface area contributed by atoms with Crippen molar-refractivity contribution < 1.29 is 48.2 Å². The lowest BCUT2D eigenvalue weighted by Crippen LogP contribution is -2.39. The van der Waals surface area contributed by atoms with Crippen LogP contribution >= 0.6 is 7.82 Å². The fourth-order valence-electron chi connectivity index (χ4n) is 1.16. The summed E-state index contributed by atoms with van der Waals surface area (Å²) in [6.45, 7) is 0.735. The summed E-state index contributed by atoms with van der Waals surface area (Å²) >= 11 is 0. The standard InChI is InChI=1S/C10H18NO10P/c1-10(2,8(14)15)3-4-11(5-7(12)13)9(16)20-6-21-22(17,18)19/h3-6H2,1-2H3,(H,12,13)(H,14,15)(H2,17,18,19). The van der Waals surface area contributed by atoms with Crippen LogP contribution in [-0.2, 0) is 23.4 Å². The molecule has 0 aliphatic carbocycles. The lowest BCUT2D eigenvalue weighted by Gasteiger charge is -2.25. The molecule has 0 aliphatic rings. The van der Waals surface area contributed by atoms with Crippen LogP contribution in [0.25, 0.3) is 0 Å². The van der Waals surface area contributed by atoms with E-state index in [1.165, 1.54) is 13.8 Å². The smallest absolute Gasteiger partial charge is 0.472 e. The molecule has 0 atom stereocenters. The Morgan fingerprint density at radius 3 is 2.14 bits per heavy atom. The summed E-state index contributed by atoms with van der Waals surface area (Å²) in [5.74, 6) is -2.48. The highest BCUT2D eigenvalue weighted by molar-refractivity contribution is 7.46. The Labute approximate surface area is 125 Å². The topological polar surface area (TPSA) is 171 Å². The molecule has 0 aromatic heterocycles. The highest BCUT2D eigenvalue weighted by Crippen LogP contribution is 2.35. The Hall–Kier alpha value is -1.68. The maximum atomic E-state index is 11.6. The lowest BCUT2D eigenvalue weighted by molar-refractivity contribution is -0.147. The number of carboxylic acid groups (broad SMARTS) is 2. The Morgan fingerprint density at radius 1 is 1.18 bits per heavy atom. The summed E-state index contributed by atoms with van der Waals surface area (Å²) in [4.78, 5) is 50.8. The second-order valence-corrected chi connectivity index (χ2v) is 6.14. The second kappa shape index (κ2) is 8.08. The number of hydrogen-bond acceptors (Lipinski definition) is 6. The van der Waals surface area contributed by atoms with Gasteiger partial charge in [0, 0.05) is 6.54 Å². The van der Waals surface area contributed by atoms with Crippen molar-refractivity contribution in [1.29, 1.82) is 0 Å². The van der Waals surface area contributed by atoms with Crippen LogP contribution in [0.4, 0.5) is 4.79 Å². The maximum Gasteiger partial charge on any atom is 0.472 e. The van der Waals surface area contributed by atoms with Gasteiger partial charge in [0.15, 0.2) is 0 Å². The van der Waals surface area contributed by atoms with Gasteiger partial charge in [-0.3, -0.25) is 14.5 Å². The van der Waals surface area contributed by atoms with Crippen LogP contribution in [0.3, 0.4) is 0 Å². The Bertz CT molecular complexity index is 470. The third kappa shape index (κ3) is 8.57. The predicted molar refractivity (Wildman–Crippen MR) is 69.7 cm³/mol. The first-order chi connectivity index (χ1) is 9.85. The van der Waals surface area contributed by atoms with Gasteiger partial charge in [0.1, 0.15) is 6.54 Å². The molecule has 0 aromatic rings. The lowest BCUT2D eigenvalue weighted by atomic mass is 9.89. The maximum absolute atomic E-state index is 11.6. The van der Waals surface area contributed by atoms with Crippen molar-refractivity contribution in [3.8, 4) is 0 Å². The van der Waals surface area contributed by atoms with E-state index in [1.807, 2.05) is 0 Å². The quantitative estimate of drug-likeness (QED) is 0.332. The minimum absolute atomic E-state index is 0.0515. The van der Waals surface area contributed by atoms with Crippen LogP contribution in [0.15, 0.2) is 0 Å². The molecule has 0 rings (SSSR count). The fraction of sp³-hybridized carbons (Fsp3) is 0.700. The third-order valence-corrected chi connectivity index (χ3v) is 3.02. The number of carbonyl (C=O) groups is 3. The molecule has 0 saturated heterocycles. The first-order valence-electron chi connectivity index (χ1n) is 5.92. The molecule has 12 heteroatoms. The normalized spacial score (nSPS) is 11.8. The SMILES string of the molecule is CC(C)(CCN(CC(=O)O)C(=O)OCOP(=O)(O)O)C(=O)O. The molecule has 0 spiro atoms. The van der Waals surface area contributed by atoms with Gasteiger partial charge in [-0.15, -0.1) is 0 Å². The number of phosphoric acid groups is 1. The zero-order valence-corrected chi connectivity index (χ0v) is 12.9. The first kappa shape index (κ1) is 20.3. The number of hydrogen-bond donors (Lipinski definition) is 4. The largest absolute Gasteiger partial charge is 0.481 e. The van der Waals surface area contributed by atoms with E-state index in [-0.39, 0.29) is 13.0 Å². The second-order valence-electron chi connectivity index (χ2n) is 4.90. The summed E-state index contributed by atoms with van der Waals surface area (Å²) < 4.78 is 18.7. The summed E-state index contributed by atoms with van der Waals surface area (Å²) in [7, 11) is -4.82. The van der Waals surface area contributed by atoms with Crippen molar-refractivity contribution in [2.24, 2.45) is 5.41 Å². The van der Waals surface area contributed by atoms with E-state index in [1.54, 1.807) is 0 Å². The number of nitrogens with zero attached hydrogens (tertiary/aromatic N) is 1. The zero-order valence-electron chi connectivity index (χ0n) is 12.0. The van der Waals surface area contributed by atoms with Crippen LogP contribution in [-0.4, -0.2) is 62.8 Å². The van der Waals surface area contributed by atoms with Gasteiger partial charge in [0.2, 0.25) is 6.79 Å². The number of ether oxygens (including phenoxy) is 1. The van der Waals surface area contributed by atoms with Gasteiger partial charge < -0.3 is 24.7 Å². The van der Waals surface area contributed by atoms with Gasteiger partial charge in [-0.2, -0.15) is 0 Å². The highest BCUT2D eigenvalue weighted by atomic mass is 31.2. The van der Waals surface area contributed by atoms with E-state index >= 15 is 0 Å². The van der Waals surface area contributed by atoms with Crippen molar-refractivity contribution in [3.63, 3.8) is 0 Å². The summed E-state index contributed by atoms with van der Waals surface area (Å²) in [6.07, 6.45) is -1.25. The molecule has 11 nitrogen and oxygen atoms in total. The van der Waals surface area contributed by atoms with Crippen molar-refractivity contribution in [2.75, 3.05) is 19.9 Å². The molecule has 128 valence electrons. The molecule has 0 aliphatic heterocycles. The number of phosphoric ester groups is 1. The van der Waals surface area contributed by atoms with E-state index in [0.29, 0.717) is 4.90 Å². The zero-order chi connectivity index (χ0) is 17.6. The monoisotopic (exact) mass is 343 g/mol. The Balaban J connectivity index is 4.63. The van der Waals surface area contributed by atoms with Crippen molar-refractivity contribution in [3.05, 3.63) is 0 Å². The fourth-order valence-corrected chi connectivity index (χ4v) is 1.35. The summed E-state index contributed by atoms with van der Waals surface area (Å²) in [6, 6.07) is 0. The van der Waals surface area contributed by atoms with E-state index in [4.69, 9.17) is 20.0 Å². The highest BCUT2D eigenvalue weighted by Gasteiger charge is 2.29. The van der Waals surface area contributed by atoms with E-state index in [2.05, 4.69) is 9.26 Å².